The first-order chi connectivity index (χ1) is 9.58. The highest BCUT2D eigenvalue weighted by Gasteiger charge is 2.13. The van der Waals surface area contributed by atoms with Crippen LogP contribution >= 0.6 is 0 Å². The second-order valence-electron chi connectivity index (χ2n) is 4.90. The molecule has 20 heavy (non-hydrogen) atoms. The number of amides is 1. The summed E-state index contributed by atoms with van der Waals surface area (Å²) in [5.74, 6) is -0.932. The lowest BCUT2D eigenvalue weighted by molar-refractivity contribution is -0.137. The van der Waals surface area contributed by atoms with Gasteiger partial charge in [-0.1, -0.05) is 6.07 Å². The van der Waals surface area contributed by atoms with Gasteiger partial charge in [0.2, 0.25) is 0 Å². The lowest BCUT2D eigenvalue weighted by atomic mass is 10.1. The van der Waals surface area contributed by atoms with Crippen LogP contribution in [0.1, 0.15) is 36.5 Å². The van der Waals surface area contributed by atoms with Crippen molar-refractivity contribution >= 4 is 22.8 Å². The van der Waals surface area contributed by atoms with Crippen LogP contribution in [-0.2, 0) is 4.79 Å². The number of carbonyl (C=O) groups is 2. The number of aromatic nitrogens is 1. The van der Waals surface area contributed by atoms with Crippen molar-refractivity contribution in [2.24, 2.45) is 0 Å². The summed E-state index contributed by atoms with van der Waals surface area (Å²) in [5.41, 5.74) is 1.56. The summed E-state index contributed by atoms with van der Waals surface area (Å²) in [5, 5.41) is 12.4. The van der Waals surface area contributed by atoms with Crippen molar-refractivity contribution in [2.75, 3.05) is 0 Å². The average molecular weight is 274 g/mol. The van der Waals surface area contributed by atoms with Crippen molar-refractivity contribution in [3.8, 4) is 0 Å². The minimum absolute atomic E-state index is 0.0453. The van der Waals surface area contributed by atoms with Crippen LogP contribution in [0.2, 0.25) is 0 Å². The van der Waals surface area contributed by atoms with Gasteiger partial charge in [-0.05, 0) is 38.0 Å². The molecule has 1 amide bonds. The number of nitrogens with one attached hydrogen (secondary N) is 2. The number of aliphatic carboxylic acids is 1. The van der Waals surface area contributed by atoms with Crippen molar-refractivity contribution in [1.29, 1.82) is 0 Å². The molecular weight excluding hydrogens is 256 g/mol. The summed E-state index contributed by atoms with van der Waals surface area (Å²) < 4.78 is 0. The van der Waals surface area contributed by atoms with Crippen molar-refractivity contribution in [1.82, 2.24) is 10.3 Å². The Morgan fingerprint density at radius 2 is 2.15 bits per heavy atom. The minimum atomic E-state index is -0.805. The predicted octanol–water partition coefficient (Wildman–Crippen LogP) is 2.54. The fourth-order valence-corrected chi connectivity index (χ4v) is 2.22. The van der Waals surface area contributed by atoms with E-state index >= 15 is 0 Å². The first kappa shape index (κ1) is 14.1. The Bertz CT molecular complexity index is 618. The summed E-state index contributed by atoms with van der Waals surface area (Å²) >= 11 is 0. The van der Waals surface area contributed by atoms with Crippen LogP contribution in [0, 0.1) is 0 Å². The largest absolute Gasteiger partial charge is 0.481 e. The van der Waals surface area contributed by atoms with E-state index < -0.39 is 5.97 Å². The van der Waals surface area contributed by atoms with Crippen LogP contribution in [0.15, 0.2) is 30.5 Å². The molecule has 0 fully saturated rings. The number of carboxylic acids is 1. The standard InChI is InChI=1S/C15H18N2O3/c1-10(4-2-7-14(18)19)17-15(20)12-5-3-6-13-11(12)8-9-16-13/h3,5-6,8-10,16H,2,4,7H2,1H3,(H,17,20)(H,18,19). The van der Waals surface area contributed by atoms with E-state index in [-0.39, 0.29) is 18.4 Å². The molecule has 0 bridgehead atoms. The summed E-state index contributed by atoms with van der Waals surface area (Å²) in [4.78, 5) is 25.7. The topological polar surface area (TPSA) is 82.2 Å². The van der Waals surface area contributed by atoms with Crippen LogP contribution in [0.3, 0.4) is 0 Å². The van der Waals surface area contributed by atoms with Gasteiger partial charge in [0, 0.05) is 35.1 Å². The van der Waals surface area contributed by atoms with Gasteiger partial charge in [-0.25, -0.2) is 0 Å². The normalized spacial score (nSPS) is 12.2. The number of H-pyrrole nitrogens is 1. The van der Waals surface area contributed by atoms with Crippen molar-refractivity contribution < 1.29 is 14.7 Å². The van der Waals surface area contributed by atoms with E-state index in [1.165, 1.54) is 0 Å². The van der Waals surface area contributed by atoms with E-state index in [1.807, 2.05) is 25.1 Å². The monoisotopic (exact) mass is 274 g/mol. The Balaban J connectivity index is 1.97. The van der Waals surface area contributed by atoms with Gasteiger partial charge in [0.15, 0.2) is 0 Å². The average Bonchev–Trinajstić information content (AvgIpc) is 2.85. The fraction of sp³-hybridized carbons (Fsp3) is 0.333. The number of aromatic amines is 1. The molecule has 2 rings (SSSR count). The van der Waals surface area contributed by atoms with E-state index in [4.69, 9.17) is 5.11 Å². The van der Waals surface area contributed by atoms with E-state index in [0.29, 0.717) is 18.4 Å². The lowest BCUT2D eigenvalue weighted by Gasteiger charge is -2.13. The van der Waals surface area contributed by atoms with Crippen LogP contribution in [0.4, 0.5) is 0 Å². The second kappa shape index (κ2) is 6.23. The molecule has 0 radical (unpaired) electrons. The maximum Gasteiger partial charge on any atom is 0.303 e. The van der Waals surface area contributed by atoms with Gasteiger partial charge in [0.05, 0.1) is 0 Å². The molecule has 0 saturated carbocycles. The van der Waals surface area contributed by atoms with Gasteiger partial charge < -0.3 is 15.4 Å². The first-order valence-electron chi connectivity index (χ1n) is 6.66. The van der Waals surface area contributed by atoms with E-state index in [0.717, 1.165) is 10.9 Å². The maximum atomic E-state index is 12.2. The van der Waals surface area contributed by atoms with Gasteiger partial charge in [-0.15, -0.1) is 0 Å². The van der Waals surface area contributed by atoms with Gasteiger partial charge in [-0.3, -0.25) is 9.59 Å². The Hall–Kier alpha value is -2.30. The molecule has 1 unspecified atom stereocenters. The molecule has 0 spiro atoms. The first-order valence-corrected chi connectivity index (χ1v) is 6.66. The van der Waals surface area contributed by atoms with Crippen LogP contribution in [-0.4, -0.2) is 28.0 Å². The summed E-state index contributed by atoms with van der Waals surface area (Å²) in [6.45, 7) is 1.89. The van der Waals surface area contributed by atoms with Gasteiger partial charge in [-0.2, -0.15) is 0 Å². The molecule has 1 aromatic heterocycles. The highest BCUT2D eigenvalue weighted by atomic mass is 16.4. The molecule has 1 aromatic carbocycles. The summed E-state index contributed by atoms with van der Waals surface area (Å²) in [6, 6.07) is 7.37. The van der Waals surface area contributed by atoms with E-state index in [2.05, 4.69) is 10.3 Å². The zero-order valence-corrected chi connectivity index (χ0v) is 11.3. The Kier molecular flexibility index (Phi) is 4.40. The Labute approximate surface area is 117 Å². The molecule has 1 heterocycles. The number of hydrogen-bond donors (Lipinski definition) is 3. The highest BCUT2D eigenvalue weighted by Crippen LogP contribution is 2.17. The maximum absolute atomic E-state index is 12.2. The number of hydrogen-bond acceptors (Lipinski definition) is 2. The molecule has 5 heteroatoms. The number of rotatable bonds is 6. The molecule has 0 aliphatic carbocycles. The highest BCUT2D eigenvalue weighted by molar-refractivity contribution is 6.06. The third kappa shape index (κ3) is 3.38. The summed E-state index contributed by atoms with van der Waals surface area (Å²) in [7, 11) is 0. The zero-order valence-electron chi connectivity index (χ0n) is 11.3. The molecule has 2 aromatic rings. The lowest BCUT2D eigenvalue weighted by Crippen LogP contribution is -2.32. The van der Waals surface area contributed by atoms with Gasteiger partial charge >= 0.3 is 5.97 Å². The SMILES string of the molecule is CC(CCCC(=O)O)NC(=O)c1cccc2[nH]ccc12. The molecule has 106 valence electrons. The molecule has 3 N–H and O–H groups in total. The molecule has 5 nitrogen and oxygen atoms in total. The molecule has 0 aliphatic rings. The fourth-order valence-electron chi connectivity index (χ4n) is 2.22. The second-order valence-corrected chi connectivity index (χ2v) is 4.90. The molecular formula is C15H18N2O3. The third-order valence-electron chi connectivity index (χ3n) is 3.24. The Morgan fingerprint density at radius 3 is 2.90 bits per heavy atom. The van der Waals surface area contributed by atoms with Gasteiger partial charge in [0.1, 0.15) is 0 Å². The zero-order chi connectivity index (χ0) is 14.5. The number of benzene rings is 1. The number of carboxylic acid groups (broad SMARTS) is 1. The van der Waals surface area contributed by atoms with Crippen molar-refractivity contribution in [3.05, 3.63) is 36.0 Å². The van der Waals surface area contributed by atoms with Gasteiger partial charge in [0.25, 0.3) is 5.91 Å². The molecule has 0 saturated heterocycles. The molecule has 0 aliphatic heterocycles. The van der Waals surface area contributed by atoms with Crippen molar-refractivity contribution in [2.45, 2.75) is 32.2 Å². The minimum Gasteiger partial charge on any atom is -0.481 e. The van der Waals surface area contributed by atoms with E-state index in [9.17, 15) is 9.59 Å². The van der Waals surface area contributed by atoms with Crippen molar-refractivity contribution in [3.63, 3.8) is 0 Å². The smallest absolute Gasteiger partial charge is 0.303 e. The van der Waals surface area contributed by atoms with Crippen LogP contribution in [0.25, 0.3) is 10.9 Å². The summed E-state index contributed by atoms with van der Waals surface area (Å²) in [6.07, 6.45) is 3.15. The van der Waals surface area contributed by atoms with Crippen LogP contribution < -0.4 is 5.32 Å². The number of carbonyl (C=O) groups excluding carboxylic acids is 1. The number of fused-ring (bicyclic) bond motifs is 1. The Morgan fingerprint density at radius 1 is 1.35 bits per heavy atom. The van der Waals surface area contributed by atoms with E-state index in [1.54, 1.807) is 12.3 Å². The third-order valence-corrected chi connectivity index (χ3v) is 3.24. The predicted molar refractivity (Wildman–Crippen MR) is 76.7 cm³/mol. The quantitative estimate of drug-likeness (QED) is 0.757. The molecule has 1 atom stereocenters. The van der Waals surface area contributed by atoms with Crippen LogP contribution in [0.5, 0.6) is 0 Å².